The molecule has 2 rings (SSSR count). The van der Waals surface area contributed by atoms with E-state index in [-0.39, 0.29) is 11.7 Å². The van der Waals surface area contributed by atoms with Crippen LogP contribution in [-0.2, 0) is 0 Å². The first kappa shape index (κ1) is 14.5. The Hall–Kier alpha value is -0.900. The summed E-state index contributed by atoms with van der Waals surface area (Å²) < 4.78 is 13.6. The van der Waals surface area contributed by atoms with Gasteiger partial charge in [-0.25, -0.2) is 4.39 Å². The van der Waals surface area contributed by atoms with Crippen molar-refractivity contribution in [3.05, 3.63) is 34.1 Å². The van der Waals surface area contributed by atoms with Gasteiger partial charge in [0.15, 0.2) is 0 Å². The highest BCUT2D eigenvalue weighted by Gasteiger charge is 2.23. The van der Waals surface area contributed by atoms with Crippen LogP contribution in [0.3, 0.4) is 0 Å². The average Bonchev–Trinajstić information content (AvgIpc) is 2.66. The Morgan fingerprint density at radius 2 is 1.89 bits per heavy atom. The molecule has 0 saturated heterocycles. The number of amides is 1. The summed E-state index contributed by atoms with van der Waals surface area (Å²) in [5.74, 6) is -0.362. The van der Waals surface area contributed by atoms with Crippen molar-refractivity contribution >= 4 is 21.8 Å². The summed E-state index contributed by atoms with van der Waals surface area (Å²) in [6, 6.07) is 4.54. The van der Waals surface area contributed by atoms with Crippen LogP contribution in [-0.4, -0.2) is 23.9 Å². The van der Waals surface area contributed by atoms with Crippen LogP contribution >= 0.6 is 15.9 Å². The molecule has 19 heavy (non-hydrogen) atoms. The van der Waals surface area contributed by atoms with Crippen molar-refractivity contribution in [1.29, 1.82) is 0 Å². The first-order valence-electron chi connectivity index (χ1n) is 6.82. The molecule has 1 aliphatic carbocycles. The van der Waals surface area contributed by atoms with Crippen LogP contribution in [0.1, 0.15) is 48.9 Å². The van der Waals surface area contributed by atoms with Gasteiger partial charge < -0.3 is 4.90 Å². The van der Waals surface area contributed by atoms with Crippen molar-refractivity contribution in [2.45, 2.75) is 44.6 Å². The molecule has 1 aromatic carbocycles. The minimum absolute atomic E-state index is 0.0289. The molecule has 1 aromatic rings. The van der Waals surface area contributed by atoms with Gasteiger partial charge in [-0.2, -0.15) is 0 Å². The number of rotatable bonds is 2. The second kappa shape index (κ2) is 6.51. The number of hydrogen-bond acceptors (Lipinski definition) is 1. The SMILES string of the molecule is CN(C(=O)c1ccc(F)cc1Br)C1CCCCCC1. The van der Waals surface area contributed by atoms with Crippen LogP contribution in [0.25, 0.3) is 0 Å². The van der Waals surface area contributed by atoms with Gasteiger partial charge >= 0.3 is 0 Å². The van der Waals surface area contributed by atoms with Gasteiger partial charge in [0.2, 0.25) is 0 Å². The zero-order valence-electron chi connectivity index (χ0n) is 11.2. The highest BCUT2D eigenvalue weighted by molar-refractivity contribution is 9.10. The largest absolute Gasteiger partial charge is 0.339 e. The van der Waals surface area contributed by atoms with Crippen molar-refractivity contribution in [3.63, 3.8) is 0 Å². The molecule has 104 valence electrons. The van der Waals surface area contributed by atoms with Gasteiger partial charge in [0.05, 0.1) is 5.56 Å². The Balaban J connectivity index is 2.13. The molecular weight excluding hydrogens is 309 g/mol. The fourth-order valence-corrected chi connectivity index (χ4v) is 3.18. The smallest absolute Gasteiger partial charge is 0.254 e. The minimum Gasteiger partial charge on any atom is -0.339 e. The van der Waals surface area contributed by atoms with E-state index >= 15 is 0 Å². The molecule has 1 fully saturated rings. The number of hydrogen-bond donors (Lipinski definition) is 0. The van der Waals surface area contributed by atoms with E-state index in [4.69, 9.17) is 0 Å². The second-order valence-electron chi connectivity index (χ2n) is 5.19. The maximum Gasteiger partial charge on any atom is 0.254 e. The van der Waals surface area contributed by atoms with Crippen LogP contribution in [0.15, 0.2) is 22.7 Å². The second-order valence-corrected chi connectivity index (χ2v) is 6.04. The number of carbonyl (C=O) groups excluding carboxylic acids is 1. The summed E-state index contributed by atoms with van der Waals surface area (Å²) in [4.78, 5) is 14.3. The van der Waals surface area contributed by atoms with Crippen LogP contribution < -0.4 is 0 Å². The van der Waals surface area contributed by atoms with E-state index in [0.29, 0.717) is 16.1 Å². The highest BCUT2D eigenvalue weighted by Crippen LogP contribution is 2.25. The molecule has 0 aliphatic heterocycles. The number of carbonyl (C=O) groups is 1. The third-order valence-electron chi connectivity index (χ3n) is 3.85. The van der Waals surface area contributed by atoms with Crippen LogP contribution in [0.2, 0.25) is 0 Å². The van der Waals surface area contributed by atoms with Crippen LogP contribution in [0, 0.1) is 5.82 Å². The zero-order valence-corrected chi connectivity index (χ0v) is 12.7. The molecule has 0 heterocycles. The Labute approximate surface area is 122 Å². The van der Waals surface area contributed by atoms with E-state index in [2.05, 4.69) is 15.9 Å². The normalized spacial score (nSPS) is 17.0. The summed E-state index contributed by atoms with van der Waals surface area (Å²) in [6.07, 6.45) is 7.04. The quantitative estimate of drug-likeness (QED) is 0.738. The van der Waals surface area contributed by atoms with Gasteiger partial charge in [-0.1, -0.05) is 25.7 Å². The summed E-state index contributed by atoms with van der Waals surface area (Å²) in [5, 5.41) is 0. The lowest BCUT2D eigenvalue weighted by Gasteiger charge is -2.27. The van der Waals surface area contributed by atoms with Crippen LogP contribution in [0.5, 0.6) is 0 Å². The molecule has 0 unspecified atom stereocenters. The Morgan fingerprint density at radius 1 is 1.26 bits per heavy atom. The summed E-state index contributed by atoms with van der Waals surface area (Å²) in [5.41, 5.74) is 0.535. The van der Waals surface area contributed by atoms with Gasteiger partial charge in [-0.3, -0.25) is 4.79 Å². The summed E-state index contributed by atoms with van der Waals surface area (Å²) >= 11 is 3.27. The molecule has 4 heteroatoms. The van der Waals surface area contributed by atoms with E-state index in [1.165, 1.54) is 37.8 Å². The molecule has 0 radical (unpaired) electrons. The van der Waals surface area contributed by atoms with Gasteiger partial charge in [-0.05, 0) is 47.0 Å². The average molecular weight is 328 g/mol. The highest BCUT2D eigenvalue weighted by atomic mass is 79.9. The van der Waals surface area contributed by atoms with Gasteiger partial charge in [-0.15, -0.1) is 0 Å². The molecule has 0 spiro atoms. The fraction of sp³-hybridized carbons (Fsp3) is 0.533. The monoisotopic (exact) mass is 327 g/mol. The van der Waals surface area contributed by atoms with Crippen molar-refractivity contribution in [2.75, 3.05) is 7.05 Å². The predicted molar refractivity (Wildman–Crippen MR) is 77.7 cm³/mol. The lowest BCUT2D eigenvalue weighted by atomic mass is 10.1. The van der Waals surface area contributed by atoms with Gasteiger partial charge in [0, 0.05) is 17.6 Å². The summed E-state index contributed by atoms with van der Waals surface area (Å²) in [7, 11) is 1.86. The topological polar surface area (TPSA) is 20.3 Å². The molecule has 2 nitrogen and oxygen atoms in total. The van der Waals surface area contributed by atoms with E-state index in [1.807, 2.05) is 11.9 Å². The third kappa shape index (κ3) is 3.56. The number of nitrogens with zero attached hydrogens (tertiary/aromatic N) is 1. The Kier molecular flexibility index (Phi) is 4.97. The van der Waals surface area contributed by atoms with E-state index in [9.17, 15) is 9.18 Å². The molecule has 0 bridgehead atoms. The van der Waals surface area contributed by atoms with E-state index in [1.54, 1.807) is 6.07 Å². The summed E-state index contributed by atoms with van der Waals surface area (Å²) in [6.45, 7) is 0. The minimum atomic E-state index is -0.333. The van der Waals surface area contributed by atoms with Crippen molar-refractivity contribution in [2.24, 2.45) is 0 Å². The Morgan fingerprint density at radius 3 is 2.47 bits per heavy atom. The van der Waals surface area contributed by atoms with Crippen molar-refractivity contribution in [3.8, 4) is 0 Å². The first-order chi connectivity index (χ1) is 9.09. The molecule has 1 saturated carbocycles. The van der Waals surface area contributed by atoms with Crippen LogP contribution in [0.4, 0.5) is 4.39 Å². The fourth-order valence-electron chi connectivity index (χ4n) is 2.66. The van der Waals surface area contributed by atoms with E-state index in [0.717, 1.165) is 12.8 Å². The maximum absolute atomic E-state index is 13.1. The molecule has 0 N–H and O–H groups in total. The molecule has 0 aromatic heterocycles. The standard InChI is InChI=1S/C15H19BrFNO/c1-18(12-6-4-2-3-5-7-12)15(19)13-9-8-11(17)10-14(13)16/h8-10,12H,2-7H2,1H3. The Bertz CT molecular complexity index is 455. The zero-order chi connectivity index (χ0) is 13.8. The van der Waals surface area contributed by atoms with Gasteiger partial charge in [0.25, 0.3) is 5.91 Å². The molecule has 1 aliphatic rings. The number of halogens is 2. The lowest BCUT2D eigenvalue weighted by Crippen LogP contribution is -2.36. The van der Waals surface area contributed by atoms with Crippen molar-refractivity contribution < 1.29 is 9.18 Å². The first-order valence-corrected chi connectivity index (χ1v) is 7.61. The van der Waals surface area contributed by atoms with Gasteiger partial charge in [0.1, 0.15) is 5.82 Å². The lowest BCUT2D eigenvalue weighted by molar-refractivity contribution is 0.0716. The third-order valence-corrected chi connectivity index (χ3v) is 4.51. The van der Waals surface area contributed by atoms with Crippen molar-refractivity contribution in [1.82, 2.24) is 4.90 Å². The maximum atomic E-state index is 13.1. The molecular formula is C15H19BrFNO. The van der Waals surface area contributed by atoms with E-state index < -0.39 is 0 Å². The number of benzene rings is 1. The molecule has 1 amide bonds. The predicted octanol–water partition coefficient (Wildman–Crippen LogP) is 4.38. The molecule has 0 atom stereocenters.